The maximum Gasteiger partial charge on any atom is 0.170 e. The number of pyridine rings is 1. The van der Waals surface area contributed by atoms with Gasteiger partial charge in [-0.05, 0) is 62.7 Å². The number of hydrogen-bond donors (Lipinski definition) is 2. The minimum absolute atomic E-state index is 0.00611. The van der Waals surface area contributed by atoms with Gasteiger partial charge < -0.3 is 19.9 Å². The number of thiocarbonyl (C=S) groups is 1. The second kappa shape index (κ2) is 6.42. The first-order chi connectivity index (χ1) is 12.1. The number of aryl methyl sites for hydroxylation is 1. The highest BCUT2D eigenvalue weighted by atomic mass is 32.1. The lowest BCUT2D eigenvalue weighted by Gasteiger charge is -2.27. The summed E-state index contributed by atoms with van der Waals surface area (Å²) in [5.74, 6) is 0. The fraction of sp³-hybridized carbons (Fsp3) is 0.474. The van der Waals surface area contributed by atoms with Crippen molar-refractivity contribution < 1.29 is 5.11 Å². The molecule has 0 radical (unpaired) electrons. The van der Waals surface area contributed by atoms with Gasteiger partial charge in [0.15, 0.2) is 5.11 Å². The summed E-state index contributed by atoms with van der Waals surface area (Å²) in [7, 11) is 0. The Hall–Kier alpha value is -1.92. The number of rotatable bonds is 5. The molecule has 2 N–H and O–H groups in total. The molecule has 0 aromatic carbocycles. The lowest BCUT2D eigenvalue weighted by atomic mass is 9.97. The van der Waals surface area contributed by atoms with Crippen molar-refractivity contribution in [2.24, 2.45) is 0 Å². The summed E-state index contributed by atoms with van der Waals surface area (Å²) in [6.07, 6.45) is 4.35. The van der Waals surface area contributed by atoms with Gasteiger partial charge in [-0.2, -0.15) is 0 Å². The number of aromatic nitrogens is 2. The first kappa shape index (κ1) is 16.5. The van der Waals surface area contributed by atoms with Crippen LogP contribution in [0.4, 0.5) is 0 Å². The van der Waals surface area contributed by atoms with E-state index in [9.17, 15) is 5.11 Å². The molecule has 2 fully saturated rings. The van der Waals surface area contributed by atoms with Crippen LogP contribution in [0.3, 0.4) is 0 Å². The Balaban J connectivity index is 1.79. The van der Waals surface area contributed by atoms with Gasteiger partial charge in [-0.3, -0.25) is 4.98 Å². The summed E-state index contributed by atoms with van der Waals surface area (Å²) in [5.41, 5.74) is 4.87. The van der Waals surface area contributed by atoms with Crippen molar-refractivity contribution >= 4 is 17.3 Å². The molecule has 0 spiro atoms. The van der Waals surface area contributed by atoms with Crippen LogP contribution in [0, 0.1) is 13.8 Å². The van der Waals surface area contributed by atoms with Crippen LogP contribution in [0.15, 0.2) is 30.5 Å². The van der Waals surface area contributed by atoms with Gasteiger partial charge >= 0.3 is 0 Å². The molecule has 4 rings (SSSR count). The summed E-state index contributed by atoms with van der Waals surface area (Å²) in [6, 6.07) is 8.95. The average Bonchev–Trinajstić information content (AvgIpc) is 3.33. The molecule has 1 aliphatic heterocycles. The zero-order chi connectivity index (χ0) is 17.6. The SMILES string of the molecule is Cc1cc([C@H]2[C@H](c3ccccn3)NC(=S)N2CCO)c(C)n1C1CC1. The Kier molecular flexibility index (Phi) is 4.25. The normalized spacial score (nSPS) is 23.2. The van der Waals surface area contributed by atoms with E-state index < -0.39 is 0 Å². The van der Waals surface area contributed by atoms with Gasteiger partial charge in [0, 0.05) is 30.2 Å². The molecule has 25 heavy (non-hydrogen) atoms. The fourth-order valence-corrected chi connectivity index (χ4v) is 4.42. The molecule has 1 saturated carbocycles. The van der Waals surface area contributed by atoms with Gasteiger partial charge in [-0.15, -0.1) is 0 Å². The molecule has 3 heterocycles. The molecule has 132 valence electrons. The van der Waals surface area contributed by atoms with Gasteiger partial charge in [0.05, 0.1) is 24.4 Å². The molecule has 0 amide bonds. The number of β-amino-alcohol motifs (C(OH)–C–C–N with tert-alkyl or cyclic N) is 1. The molecular formula is C19H24N4OS. The van der Waals surface area contributed by atoms with Gasteiger partial charge in [0.2, 0.25) is 0 Å². The lowest BCUT2D eigenvalue weighted by molar-refractivity contribution is 0.222. The summed E-state index contributed by atoms with van der Waals surface area (Å²) < 4.78 is 2.46. The highest BCUT2D eigenvalue weighted by molar-refractivity contribution is 7.80. The molecule has 2 aliphatic rings. The van der Waals surface area contributed by atoms with Gasteiger partial charge in [0.25, 0.3) is 0 Å². The van der Waals surface area contributed by atoms with E-state index in [0.29, 0.717) is 17.7 Å². The monoisotopic (exact) mass is 356 g/mol. The quantitative estimate of drug-likeness (QED) is 0.807. The third-order valence-electron chi connectivity index (χ3n) is 5.29. The molecule has 0 unspecified atom stereocenters. The maximum atomic E-state index is 9.54. The number of aliphatic hydroxyl groups is 1. The minimum Gasteiger partial charge on any atom is -0.395 e. The molecule has 2 aromatic rings. The van der Waals surface area contributed by atoms with Crippen molar-refractivity contribution in [1.82, 2.24) is 19.8 Å². The second-order valence-corrected chi connectivity index (χ2v) is 7.36. The Labute approximate surface area is 153 Å². The van der Waals surface area contributed by atoms with Crippen LogP contribution in [0.25, 0.3) is 0 Å². The zero-order valence-corrected chi connectivity index (χ0v) is 15.5. The fourth-order valence-electron chi connectivity index (χ4n) is 4.09. The third kappa shape index (κ3) is 2.83. The molecular weight excluding hydrogens is 332 g/mol. The molecule has 1 aliphatic carbocycles. The Morgan fingerprint density at radius 1 is 1.32 bits per heavy atom. The maximum absolute atomic E-state index is 9.54. The summed E-state index contributed by atoms with van der Waals surface area (Å²) >= 11 is 5.58. The number of nitrogens with zero attached hydrogens (tertiary/aromatic N) is 3. The van der Waals surface area contributed by atoms with E-state index in [1.165, 1.54) is 29.8 Å². The number of nitrogens with one attached hydrogen (secondary N) is 1. The molecule has 2 aromatic heterocycles. The van der Waals surface area contributed by atoms with E-state index in [1.807, 2.05) is 24.4 Å². The predicted molar refractivity (Wildman–Crippen MR) is 101 cm³/mol. The topological polar surface area (TPSA) is 53.3 Å². The van der Waals surface area contributed by atoms with Crippen LogP contribution in [0.1, 0.15) is 53.6 Å². The Morgan fingerprint density at radius 3 is 2.76 bits per heavy atom. The Morgan fingerprint density at radius 2 is 2.12 bits per heavy atom. The standard InChI is InChI=1S/C19H24N4OS/c1-12-11-15(13(2)23(12)14-6-7-14)18-17(16-5-3-4-8-20-16)21-19(25)22(18)9-10-24/h3-5,8,11,14,17-18,24H,6-7,9-10H2,1-2H3,(H,21,25)/t17-,18-/m0/s1. The van der Waals surface area contributed by atoms with Crippen molar-refractivity contribution in [2.75, 3.05) is 13.2 Å². The van der Waals surface area contributed by atoms with Gasteiger partial charge in [0.1, 0.15) is 0 Å². The van der Waals surface area contributed by atoms with Crippen molar-refractivity contribution in [2.45, 2.75) is 44.8 Å². The van der Waals surface area contributed by atoms with Crippen molar-refractivity contribution in [3.8, 4) is 0 Å². The zero-order valence-electron chi connectivity index (χ0n) is 14.6. The molecule has 0 bridgehead atoms. The predicted octanol–water partition coefficient (Wildman–Crippen LogP) is 2.80. The summed E-state index contributed by atoms with van der Waals surface area (Å²) in [6.45, 7) is 4.98. The van der Waals surface area contributed by atoms with Gasteiger partial charge in [-0.1, -0.05) is 6.07 Å². The smallest absolute Gasteiger partial charge is 0.170 e. The van der Waals surface area contributed by atoms with Crippen LogP contribution >= 0.6 is 12.2 Å². The van der Waals surface area contributed by atoms with Crippen LogP contribution in [0.2, 0.25) is 0 Å². The van der Waals surface area contributed by atoms with Crippen molar-refractivity contribution in [3.05, 3.63) is 53.1 Å². The number of aliphatic hydroxyl groups excluding tert-OH is 1. The van der Waals surface area contributed by atoms with E-state index in [-0.39, 0.29) is 18.7 Å². The lowest BCUT2D eigenvalue weighted by Crippen LogP contribution is -2.32. The molecule has 2 atom stereocenters. The average molecular weight is 356 g/mol. The molecule has 5 nitrogen and oxygen atoms in total. The van der Waals surface area contributed by atoms with E-state index in [2.05, 4.69) is 39.7 Å². The van der Waals surface area contributed by atoms with Crippen LogP contribution in [-0.4, -0.2) is 37.8 Å². The summed E-state index contributed by atoms with van der Waals surface area (Å²) in [5, 5.41) is 13.7. The molecule has 1 saturated heterocycles. The molecule has 6 heteroatoms. The summed E-state index contributed by atoms with van der Waals surface area (Å²) in [4.78, 5) is 6.66. The number of hydrogen-bond acceptors (Lipinski definition) is 3. The first-order valence-electron chi connectivity index (χ1n) is 8.89. The minimum atomic E-state index is -0.00611. The van der Waals surface area contributed by atoms with Crippen LogP contribution < -0.4 is 5.32 Å². The largest absolute Gasteiger partial charge is 0.395 e. The first-order valence-corrected chi connectivity index (χ1v) is 9.30. The van der Waals surface area contributed by atoms with Crippen LogP contribution in [0.5, 0.6) is 0 Å². The van der Waals surface area contributed by atoms with E-state index in [4.69, 9.17) is 12.2 Å². The highest BCUT2D eigenvalue weighted by Gasteiger charge is 2.41. The van der Waals surface area contributed by atoms with E-state index >= 15 is 0 Å². The van der Waals surface area contributed by atoms with Crippen molar-refractivity contribution in [1.29, 1.82) is 0 Å². The Bertz CT molecular complexity index is 784. The van der Waals surface area contributed by atoms with Gasteiger partial charge in [-0.25, -0.2) is 0 Å². The second-order valence-electron chi connectivity index (χ2n) is 6.97. The van der Waals surface area contributed by atoms with Crippen molar-refractivity contribution in [3.63, 3.8) is 0 Å². The van der Waals surface area contributed by atoms with Crippen LogP contribution in [-0.2, 0) is 0 Å². The van der Waals surface area contributed by atoms with E-state index in [0.717, 1.165) is 5.69 Å². The highest BCUT2D eigenvalue weighted by Crippen LogP contribution is 2.44. The van der Waals surface area contributed by atoms with E-state index in [1.54, 1.807) is 0 Å². The third-order valence-corrected chi connectivity index (χ3v) is 5.65.